The molecule has 0 aliphatic carbocycles. The Morgan fingerprint density at radius 1 is 1.31 bits per heavy atom. The number of piperidine rings is 1. The molecule has 0 saturated carbocycles. The third-order valence-corrected chi connectivity index (χ3v) is 5.75. The van der Waals surface area contributed by atoms with Gasteiger partial charge in [0, 0.05) is 37.9 Å². The van der Waals surface area contributed by atoms with Gasteiger partial charge < -0.3 is 15.4 Å². The summed E-state index contributed by atoms with van der Waals surface area (Å²) in [6.45, 7) is 5.27. The van der Waals surface area contributed by atoms with Crippen LogP contribution >= 0.6 is 11.3 Å². The summed E-state index contributed by atoms with van der Waals surface area (Å²) in [5.41, 5.74) is 3.78. The highest BCUT2D eigenvalue weighted by atomic mass is 32.1. The standard InChI is InChI=1S/C22H27N3O3S/c1-15(26)25-22-24-14-21(29-22)12-20-13-23-9-7-19(20)11-18-5-3-17(4-6-18)8-10-28-16(2)27/h3-6,11,14,20,23H,7-10,12-13H2,1-2H3,(H,24,25,26). The van der Waals surface area contributed by atoms with Crippen molar-refractivity contribution in [1.29, 1.82) is 0 Å². The van der Waals surface area contributed by atoms with Gasteiger partial charge in [0.15, 0.2) is 5.13 Å². The molecule has 3 rings (SSSR count). The van der Waals surface area contributed by atoms with Crippen molar-refractivity contribution in [2.45, 2.75) is 33.1 Å². The number of anilines is 1. The molecule has 154 valence electrons. The maximum Gasteiger partial charge on any atom is 0.302 e. The van der Waals surface area contributed by atoms with Gasteiger partial charge in [0.05, 0.1) is 6.61 Å². The fourth-order valence-electron chi connectivity index (χ4n) is 3.40. The second-order valence-electron chi connectivity index (χ2n) is 7.22. The molecule has 2 heterocycles. The minimum Gasteiger partial charge on any atom is -0.466 e. The fourth-order valence-corrected chi connectivity index (χ4v) is 4.34. The van der Waals surface area contributed by atoms with Crippen LogP contribution in [0.3, 0.4) is 0 Å². The number of rotatable bonds is 7. The number of carbonyl (C=O) groups excluding carboxylic acids is 2. The number of esters is 1. The molecular weight excluding hydrogens is 386 g/mol. The van der Waals surface area contributed by atoms with Crippen molar-refractivity contribution in [3.8, 4) is 0 Å². The average molecular weight is 414 g/mol. The van der Waals surface area contributed by atoms with E-state index in [1.807, 2.05) is 6.20 Å². The zero-order chi connectivity index (χ0) is 20.6. The molecule has 7 heteroatoms. The minimum absolute atomic E-state index is 0.0953. The monoisotopic (exact) mass is 413 g/mol. The van der Waals surface area contributed by atoms with E-state index in [4.69, 9.17) is 4.74 Å². The van der Waals surface area contributed by atoms with Gasteiger partial charge in [0.25, 0.3) is 0 Å². The second-order valence-corrected chi connectivity index (χ2v) is 8.33. The van der Waals surface area contributed by atoms with Crippen LogP contribution < -0.4 is 10.6 Å². The third-order valence-electron chi connectivity index (χ3n) is 4.82. The van der Waals surface area contributed by atoms with Crippen LogP contribution in [-0.2, 0) is 27.2 Å². The molecule has 0 radical (unpaired) electrons. The van der Waals surface area contributed by atoms with E-state index in [0.29, 0.717) is 17.7 Å². The number of nitrogens with one attached hydrogen (secondary N) is 2. The highest BCUT2D eigenvalue weighted by Crippen LogP contribution is 2.28. The number of ether oxygens (including phenoxy) is 1. The lowest BCUT2D eigenvalue weighted by atomic mass is 9.88. The van der Waals surface area contributed by atoms with Crippen molar-refractivity contribution in [3.05, 3.63) is 52.0 Å². The lowest BCUT2D eigenvalue weighted by Crippen LogP contribution is -2.32. The van der Waals surface area contributed by atoms with E-state index >= 15 is 0 Å². The zero-order valence-electron chi connectivity index (χ0n) is 16.9. The number of aromatic nitrogens is 1. The molecule has 0 bridgehead atoms. The molecule has 2 aromatic rings. The Kier molecular flexibility index (Phi) is 7.55. The molecule has 1 aromatic heterocycles. The fraction of sp³-hybridized carbons (Fsp3) is 0.409. The third kappa shape index (κ3) is 6.80. The molecule has 1 saturated heterocycles. The first-order chi connectivity index (χ1) is 14.0. The van der Waals surface area contributed by atoms with E-state index in [9.17, 15) is 9.59 Å². The number of benzene rings is 1. The van der Waals surface area contributed by atoms with E-state index in [2.05, 4.69) is 46.0 Å². The Balaban J connectivity index is 1.64. The summed E-state index contributed by atoms with van der Waals surface area (Å²) in [6, 6.07) is 8.43. The van der Waals surface area contributed by atoms with Gasteiger partial charge >= 0.3 is 5.97 Å². The van der Waals surface area contributed by atoms with Crippen molar-refractivity contribution in [3.63, 3.8) is 0 Å². The van der Waals surface area contributed by atoms with Gasteiger partial charge in [-0.25, -0.2) is 4.98 Å². The van der Waals surface area contributed by atoms with Crippen LogP contribution in [0, 0.1) is 5.92 Å². The van der Waals surface area contributed by atoms with E-state index in [0.717, 1.165) is 37.9 Å². The summed E-state index contributed by atoms with van der Waals surface area (Å²) in [4.78, 5) is 27.5. The predicted octanol–water partition coefficient (Wildman–Crippen LogP) is 3.44. The van der Waals surface area contributed by atoms with Crippen LogP contribution in [0.4, 0.5) is 5.13 Å². The van der Waals surface area contributed by atoms with Crippen molar-refractivity contribution < 1.29 is 14.3 Å². The first-order valence-electron chi connectivity index (χ1n) is 9.85. The number of carbonyl (C=O) groups is 2. The van der Waals surface area contributed by atoms with Crippen molar-refractivity contribution in [2.24, 2.45) is 5.92 Å². The highest BCUT2D eigenvalue weighted by Gasteiger charge is 2.20. The second kappa shape index (κ2) is 10.3. The summed E-state index contributed by atoms with van der Waals surface area (Å²) in [7, 11) is 0. The number of hydrogen-bond donors (Lipinski definition) is 2. The van der Waals surface area contributed by atoms with E-state index < -0.39 is 0 Å². The van der Waals surface area contributed by atoms with E-state index in [-0.39, 0.29) is 11.9 Å². The molecule has 6 nitrogen and oxygen atoms in total. The molecule has 1 aliphatic heterocycles. The number of thiazole rings is 1. The summed E-state index contributed by atoms with van der Waals surface area (Å²) in [5, 5.41) is 6.89. The van der Waals surface area contributed by atoms with Gasteiger partial charge in [-0.15, -0.1) is 11.3 Å². The topological polar surface area (TPSA) is 80.3 Å². The van der Waals surface area contributed by atoms with E-state index in [1.54, 1.807) is 11.3 Å². The Morgan fingerprint density at radius 3 is 2.83 bits per heavy atom. The maximum atomic E-state index is 11.2. The number of hydrogen-bond acceptors (Lipinski definition) is 6. The molecule has 29 heavy (non-hydrogen) atoms. The van der Waals surface area contributed by atoms with Crippen LogP contribution in [0.5, 0.6) is 0 Å². The lowest BCUT2D eigenvalue weighted by Gasteiger charge is -2.26. The first kappa shape index (κ1) is 21.2. The van der Waals surface area contributed by atoms with Crippen LogP contribution in [0.15, 0.2) is 36.0 Å². The average Bonchev–Trinajstić information content (AvgIpc) is 3.10. The van der Waals surface area contributed by atoms with Crippen LogP contribution in [0.1, 0.15) is 36.3 Å². The number of nitrogens with zero attached hydrogens (tertiary/aromatic N) is 1. The smallest absolute Gasteiger partial charge is 0.302 e. The predicted molar refractivity (Wildman–Crippen MR) is 116 cm³/mol. The molecule has 1 fully saturated rings. The van der Waals surface area contributed by atoms with E-state index in [1.165, 1.54) is 29.9 Å². The van der Waals surface area contributed by atoms with Crippen molar-refractivity contribution >= 4 is 34.4 Å². The van der Waals surface area contributed by atoms with Crippen LogP contribution in [-0.4, -0.2) is 36.6 Å². The first-order valence-corrected chi connectivity index (χ1v) is 10.7. The molecule has 1 aliphatic rings. The van der Waals surface area contributed by atoms with Crippen LogP contribution in [0.2, 0.25) is 0 Å². The Morgan fingerprint density at radius 2 is 2.10 bits per heavy atom. The van der Waals surface area contributed by atoms with Gasteiger partial charge in [-0.1, -0.05) is 35.9 Å². The Hall–Kier alpha value is -2.51. The van der Waals surface area contributed by atoms with Crippen molar-refractivity contribution in [1.82, 2.24) is 10.3 Å². The lowest BCUT2D eigenvalue weighted by molar-refractivity contribution is -0.140. The van der Waals surface area contributed by atoms with Gasteiger partial charge in [-0.05, 0) is 36.4 Å². The maximum absolute atomic E-state index is 11.2. The van der Waals surface area contributed by atoms with Gasteiger partial charge in [0.1, 0.15) is 0 Å². The van der Waals surface area contributed by atoms with Gasteiger partial charge in [-0.3, -0.25) is 9.59 Å². The molecule has 1 unspecified atom stereocenters. The quantitative estimate of drug-likeness (QED) is 0.680. The molecular formula is C22H27N3O3S. The molecule has 1 atom stereocenters. The minimum atomic E-state index is -0.242. The van der Waals surface area contributed by atoms with Gasteiger partial charge in [0.2, 0.25) is 5.91 Å². The summed E-state index contributed by atoms with van der Waals surface area (Å²) in [5.74, 6) is 0.0774. The molecule has 2 N–H and O–H groups in total. The molecule has 1 aromatic carbocycles. The van der Waals surface area contributed by atoms with Crippen LogP contribution in [0.25, 0.3) is 6.08 Å². The number of amides is 1. The van der Waals surface area contributed by atoms with Gasteiger partial charge in [-0.2, -0.15) is 0 Å². The Labute approximate surface area is 175 Å². The highest BCUT2D eigenvalue weighted by molar-refractivity contribution is 7.15. The molecule has 0 spiro atoms. The largest absolute Gasteiger partial charge is 0.466 e. The SMILES string of the molecule is CC(=O)Nc1ncc(CC2CNCCC2=Cc2ccc(CCOC(C)=O)cc2)s1. The summed E-state index contributed by atoms with van der Waals surface area (Å²) in [6.07, 6.45) is 6.81. The normalized spacial score (nSPS) is 17.9. The Bertz CT molecular complexity index is 874. The van der Waals surface area contributed by atoms with Crippen molar-refractivity contribution in [2.75, 3.05) is 25.0 Å². The summed E-state index contributed by atoms with van der Waals surface area (Å²) >= 11 is 1.54. The zero-order valence-corrected chi connectivity index (χ0v) is 17.7. The summed E-state index contributed by atoms with van der Waals surface area (Å²) < 4.78 is 5.01. The molecule has 1 amide bonds.